The summed E-state index contributed by atoms with van der Waals surface area (Å²) in [6, 6.07) is 7.41. The van der Waals surface area contributed by atoms with E-state index in [2.05, 4.69) is 4.98 Å². The Bertz CT molecular complexity index is 451. The van der Waals surface area contributed by atoms with Gasteiger partial charge in [-0.1, -0.05) is 12.1 Å². The summed E-state index contributed by atoms with van der Waals surface area (Å²) in [6.07, 6.45) is 3.42. The third kappa shape index (κ3) is 1.98. The van der Waals surface area contributed by atoms with Crippen LogP contribution in [-0.2, 0) is 6.54 Å². The molecule has 0 fully saturated rings. The van der Waals surface area contributed by atoms with Crippen molar-refractivity contribution in [3.8, 4) is 11.4 Å². The second-order valence-corrected chi connectivity index (χ2v) is 3.26. The van der Waals surface area contributed by atoms with Crippen LogP contribution in [0.1, 0.15) is 0 Å². The molecule has 0 unspecified atom stereocenters. The molecule has 2 rings (SSSR count). The minimum atomic E-state index is -0.397. The molecule has 0 saturated heterocycles. The number of hydrogen-bond donors (Lipinski definition) is 1. The van der Waals surface area contributed by atoms with Crippen molar-refractivity contribution in [2.75, 3.05) is 12.4 Å². The topological polar surface area (TPSA) is 43.8 Å². The van der Waals surface area contributed by atoms with Gasteiger partial charge in [0.1, 0.15) is 12.5 Å². The molecule has 0 radical (unpaired) electrons. The van der Waals surface area contributed by atoms with E-state index >= 15 is 0 Å². The summed E-state index contributed by atoms with van der Waals surface area (Å²) in [6.45, 7) is -0.0736. The number of rotatable bonds is 3. The quantitative estimate of drug-likeness (QED) is 0.780. The Hall–Kier alpha value is -1.84. The number of aryl methyl sites for hydroxylation is 1. The molecule has 0 spiro atoms. The van der Waals surface area contributed by atoms with E-state index in [4.69, 9.17) is 5.73 Å². The lowest BCUT2D eigenvalue weighted by atomic mass is 10.2. The molecule has 2 N–H and O–H groups in total. The van der Waals surface area contributed by atoms with Gasteiger partial charge in [-0.25, -0.2) is 9.37 Å². The van der Waals surface area contributed by atoms with Gasteiger partial charge in [-0.05, 0) is 12.1 Å². The van der Waals surface area contributed by atoms with Crippen LogP contribution in [0, 0.1) is 0 Å². The van der Waals surface area contributed by atoms with E-state index in [0.717, 1.165) is 11.4 Å². The van der Waals surface area contributed by atoms with Gasteiger partial charge in [0.2, 0.25) is 0 Å². The lowest BCUT2D eigenvalue weighted by Gasteiger charge is -2.05. The zero-order valence-electron chi connectivity index (χ0n) is 8.23. The van der Waals surface area contributed by atoms with Crippen molar-refractivity contribution in [3.05, 3.63) is 36.7 Å². The second kappa shape index (κ2) is 4.13. The van der Waals surface area contributed by atoms with Crippen LogP contribution >= 0.6 is 0 Å². The van der Waals surface area contributed by atoms with Gasteiger partial charge in [-0.2, -0.15) is 0 Å². The molecule has 4 heteroatoms. The highest BCUT2D eigenvalue weighted by atomic mass is 19.1. The summed E-state index contributed by atoms with van der Waals surface area (Å²) in [5, 5.41) is 0. The largest absolute Gasteiger partial charge is 0.399 e. The normalized spacial score (nSPS) is 10.5. The monoisotopic (exact) mass is 205 g/mol. The third-order valence-electron chi connectivity index (χ3n) is 2.19. The lowest BCUT2D eigenvalue weighted by molar-refractivity contribution is 0.447. The molecule has 0 amide bonds. The fourth-order valence-electron chi connectivity index (χ4n) is 1.52. The van der Waals surface area contributed by atoms with Crippen molar-refractivity contribution in [3.63, 3.8) is 0 Å². The Morgan fingerprint density at radius 2 is 2.27 bits per heavy atom. The second-order valence-electron chi connectivity index (χ2n) is 3.26. The van der Waals surface area contributed by atoms with Crippen molar-refractivity contribution in [2.45, 2.75) is 6.54 Å². The van der Waals surface area contributed by atoms with Crippen LogP contribution < -0.4 is 5.73 Å². The van der Waals surface area contributed by atoms with Crippen LogP contribution in [0.3, 0.4) is 0 Å². The maximum Gasteiger partial charge on any atom is 0.140 e. The van der Waals surface area contributed by atoms with Gasteiger partial charge >= 0.3 is 0 Å². The van der Waals surface area contributed by atoms with Crippen molar-refractivity contribution in [1.82, 2.24) is 9.55 Å². The molecule has 15 heavy (non-hydrogen) atoms. The standard InChI is InChI=1S/C11H12FN3/c12-4-6-15-7-5-14-11(15)9-2-1-3-10(13)8-9/h1-3,5,7-8H,4,6,13H2. The highest BCUT2D eigenvalue weighted by Crippen LogP contribution is 2.19. The molecular weight excluding hydrogens is 193 g/mol. The van der Waals surface area contributed by atoms with Gasteiger partial charge in [-0.3, -0.25) is 0 Å². The smallest absolute Gasteiger partial charge is 0.140 e. The first-order valence-electron chi connectivity index (χ1n) is 4.74. The molecule has 78 valence electrons. The van der Waals surface area contributed by atoms with Crippen LogP contribution in [0.15, 0.2) is 36.7 Å². The number of nitrogens with two attached hydrogens (primary N) is 1. The van der Waals surface area contributed by atoms with E-state index in [1.807, 2.05) is 24.3 Å². The highest BCUT2D eigenvalue weighted by molar-refractivity contribution is 5.61. The molecular formula is C11H12FN3. The van der Waals surface area contributed by atoms with Gasteiger partial charge in [0.25, 0.3) is 0 Å². The van der Waals surface area contributed by atoms with Gasteiger partial charge in [0.05, 0.1) is 6.54 Å². The number of halogens is 1. The minimum absolute atomic E-state index is 0.324. The first-order valence-corrected chi connectivity index (χ1v) is 4.74. The van der Waals surface area contributed by atoms with Crippen LogP contribution in [0.2, 0.25) is 0 Å². The first-order chi connectivity index (χ1) is 7.31. The van der Waals surface area contributed by atoms with Gasteiger partial charge in [-0.15, -0.1) is 0 Å². The number of benzene rings is 1. The van der Waals surface area contributed by atoms with Gasteiger partial charge in [0.15, 0.2) is 0 Å². The molecule has 1 heterocycles. The lowest BCUT2D eigenvalue weighted by Crippen LogP contribution is -2.01. The maximum atomic E-state index is 12.3. The summed E-state index contributed by atoms with van der Waals surface area (Å²) in [4.78, 5) is 4.19. The Labute approximate surface area is 87.4 Å². The van der Waals surface area contributed by atoms with E-state index in [1.165, 1.54) is 0 Å². The third-order valence-corrected chi connectivity index (χ3v) is 2.19. The molecule has 1 aromatic carbocycles. The molecule has 0 aliphatic carbocycles. The van der Waals surface area contributed by atoms with Gasteiger partial charge < -0.3 is 10.3 Å². The number of anilines is 1. The first kappa shape index (κ1) is 9.71. The molecule has 2 aromatic rings. The van der Waals surface area contributed by atoms with E-state index < -0.39 is 6.67 Å². The van der Waals surface area contributed by atoms with E-state index in [0.29, 0.717) is 12.2 Å². The maximum absolute atomic E-state index is 12.3. The van der Waals surface area contributed by atoms with Crippen LogP contribution in [0.25, 0.3) is 11.4 Å². The summed E-state index contributed by atoms with van der Waals surface area (Å²) in [5.41, 5.74) is 7.27. The van der Waals surface area contributed by atoms with E-state index in [9.17, 15) is 4.39 Å². The van der Waals surface area contributed by atoms with Crippen LogP contribution in [-0.4, -0.2) is 16.2 Å². The van der Waals surface area contributed by atoms with Crippen LogP contribution in [0.4, 0.5) is 10.1 Å². The summed E-state index contributed by atoms with van der Waals surface area (Å²) in [7, 11) is 0. The Kier molecular flexibility index (Phi) is 2.67. The zero-order valence-corrected chi connectivity index (χ0v) is 8.23. The number of imidazole rings is 1. The summed E-state index contributed by atoms with van der Waals surface area (Å²) in [5.74, 6) is 0.750. The summed E-state index contributed by atoms with van der Waals surface area (Å²) >= 11 is 0. The van der Waals surface area contributed by atoms with Crippen LogP contribution in [0.5, 0.6) is 0 Å². The number of nitrogen functional groups attached to an aromatic ring is 1. The van der Waals surface area contributed by atoms with Gasteiger partial charge in [0, 0.05) is 23.6 Å². The van der Waals surface area contributed by atoms with Crippen molar-refractivity contribution < 1.29 is 4.39 Å². The molecule has 3 nitrogen and oxygen atoms in total. The van der Waals surface area contributed by atoms with Crippen molar-refractivity contribution >= 4 is 5.69 Å². The fourth-order valence-corrected chi connectivity index (χ4v) is 1.52. The molecule has 0 aliphatic rings. The molecule has 0 bridgehead atoms. The zero-order chi connectivity index (χ0) is 10.7. The Balaban J connectivity index is 2.40. The predicted octanol–water partition coefficient (Wildman–Crippen LogP) is 2.10. The summed E-state index contributed by atoms with van der Waals surface area (Å²) < 4.78 is 14.0. The average Bonchev–Trinajstić information content (AvgIpc) is 2.66. The SMILES string of the molecule is Nc1cccc(-c2nccn2CCF)c1. The molecule has 0 aliphatic heterocycles. The Morgan fingerprint density at radius 3 is 3.00 bits per heavy atom. The number of nitrogens with zero attached hydrogens (tertiary/aromatic N) is 2. The molecule has 0 saturated carbocycles. The number of alkyl halides is 1. The molecule has 1 aromatic heterocycles. The highest BCUT2D eigenvalue weighted by Gasteiger charge is 2.05. The van der Waals surface area contributed by atoms with E-state index in [1.54, 1.807) is 17.0 Å². The predicted molar refractivity (Wildman–Crippen MR) is 58.1 cm³/mol. The van der Waals surface area contributed by atoms with Crippen molar-refractivity contribution in [2.24, 2.45) is 0 Å². The number of aromatic nitrogens is 2. The fraction of sp³-hybridized carbons (Fsp3) is 0.182. The van der Waals surface area contributed by atoms with Crippen molar-refractivity contribution in [1.29, 1.82) is 0 Å². The molecule has 0 atom stereocenters. The van der Waals surface area contributed by atoms with E-state index in [-0.39, 0.29) is 0 Å². The average molecular weight is 205 g/mol. The Morgan fingerprint density at radius 1 is 1.40 bits per heavy atom. The minimum Gasteiger partial charge on any atom is -0.399 e. The number of hydrogen-bond acceptors (Lipinski definition) is 2.